The van der Waals surface area contributed by atoms with Crippen LogP contribution in [0, 0.1) is 10.1 Å². The maximum atomic E-state index is 12.8. The van der Waals surface area contributed by atoms with Crippen molar-refractivity contribution in [3.05, 3.63) is 70.3 Å². The summed E-state index contributed by atoms with van der Waals surface area (Å²) in [5.74, 6) is 0.812. The molecule has 0 aliphatic rings. The molecule has 0 saturated heterocycles. The Hall–Kier alpha value is -3.65. The third-order valence-corrected chi connectivity index (χ3v) is 5.24. The number of hydrogen-bond acceptors (Lipinski definition) is 6. The molecule has 0 aromatic heterocycles. The van der Waals surface area contributed by atoms with Gasteiger partial charge in [0.05, 0.1) is 36.9 Å². The van der Waals surface area contributed by atoms with Gasteiger partial charge in [0.1, 0.15) is 11.5 Å². The fourth-order valence-electron chi connectivity index (χ4n) is 3.26. The van der Waals surface area contributed by atoms with E-state index in [1.165, 1.54) is 25.3 Å². The topological polar surface area (TPSA) is 93.9 Å². The molecular formula is C23H25N3O5. The van der Waals surface area contributed by atoms with E-state index in [4.69, 9.17) is 9.47 Å². The van der Waals surface area contributed by atoms with Gasteiger partial charge in [-0.3, -0.25) is 19.8 Å². The fourth-order valence-corrected chi connectivity index (χ4v) is 3.26. The van der Waals surface area contributed by atoms with Crippen molar-refractivity contribution in [1.29, 1.82) is 0 Å². The summed E-state index contributed by atoms with van der Waals surface area (Å²) in [4.78, 5) is 25.1. The number of hydrogen-bond donors (Lipinski definition) is 1. The Kier molecular flexibility index (Phi) is 6.71. The van der Waals surface area contributed by atoms with Crippen LogP contribution >= 0.6 is 0 Å². The predicted molar refractivity (Wildman–Crippen MR) is 120 cm³/mol. The first-order chi connectivity index (χ1) is 14.8. The molecule has 162 valence electrons. The monoisotopic (exact) mass is 423 g/mol. The maximum absolute atomic E-state index is 12.8. The minimum atomic E-state index is -0.510. The first-order valence-electron chi connectivity index (χ1n) is 9.72. The second-order valence-corrected chi connectivity index (χ2v) is 7.27. The molecule has 0 radical (unpaired) electrons. The maximum Gasteiger partial charge on any atom is 0.273 e. The summed E-state index contributed by atoms with van der Waals surface area (Å²) >= 11 is 0. The molecule has 1 amide bonds. The average Bonchev–Trinajstić information content (AvgIpc) is 2.78. The van der Waals surface area contributed by atoms with Crippen LogP contribution < -0.4 is 14.8 Å². The molecule has 0 saturated carbocycles. The van der Waals surface area contributed by atoms with Crippen LogP contribution in [0.1, 0.15) is 12.5 Å². The molecule has 0 aliphatic heterocycles. The Morgan fingerprint density at radius 3 is 2.45 bits per heavy atom. The van der Waals surface area contributed by atoms with Crippen LogP contribution in [0.2, 0.25) is 0 Å². The molecule has 3 aromatic rings. The van der Waals surface area contributed by atoms with E-state index in [0.29, 0.717) is 12.2 Å². The van der Waals surface area contributed by atoms with Crippen LogP contribution in [0.3, 0.4) is 0 Å². The lowest BCUT2D eigenvalue weighted by Gasteiger charge is -2.24. The van der Waals surface area contributed by atoms with Crippen molar-refractivity contribution < 1.29 is 19.2 Å². The summed E-state index contributed by atoms with van der Waals surface area (Å²) in [5, 5.41) is 15.9. The van der Waals surface area contributed by atoms with E-state index in [0.717, 1.165) is 22.1 Å². The Morgan fingerprint density at radius 2 is 1.77 bits per heavy atom. The van der Waals surface area contributed by atoms with Gasteiger partial charge in [-0.05, 0) is 54.6 Å². The Labute approximate surface area is 180 Å². The highest BCUT2D eigenvalue weighted by Crippen LogP contribution is 2.29. The van der Waals surface area contributed by atoms with Crippen LogP contribution in [-0.2, 0) is 11.3 Å². The number of nitrogens with one attached hydrogen (secondary N) is 1. The largest absolute Gasteiger partial charge is 0.497 e. The summed E-state index contributed by atoms with van der Waals surface area (Å²) in [7, 11) is 4.91. The first kappa shape index (κ1) is 22.0. The first-order valence-corrected chi connectivity index (χ1v) is 9.72. The molecule has 0 heterocycles. The molecule has 1 N–H and O–H groups in total. The number of nitro benzene ring substituents is 1. The molecule has 0 aliphatic carbocycles. The lowest BCUT2D eigenvalue weighted by Crippen LogP contribution is -2.39. The fraction of sp³-hybridized carbons (Fsp3) is 0.261. The minimum absolute atomic E-state index is 0.103. The number of nitro groups is 1. The van der Waals surface area contributed by atoms with Gasteiger partial charge < -0.3 is 14.8 Å². The third kappa shape index (κ3) is 5.10. The van der Waals surface area contributed by atoms with E-state index in [1.807, 2.05) is 42.3 Å². The molecule has 3 aromatic carbocycles. The number of anilines is 1. The van der Waals surface area contributed by atoms with Gasteiger partial charge in [0.15, 0.2) is 0 Å². The standard InChI is InChI=1S/C23H25N3O5/c1-15(23(27)24-21-10-8-19(26(28)29)13-22(21)31-4)25(2)14-16-5-6-18-12-20(30-3)9-7-17(18)11-16/h5-13,15H,14H2,1-4H3,(H,24,27)/t15-/m0/s1. The summed E-state index contributed by atoms with van der Waals surface area (Å²) < 4.78 is 10.5. The average molecular weight is 423 g/mol. The Morgan fingerprint density at radius 1 is 1.06 bits per heavy atom. The zero-order chi connectivity index (χ0) is 22.5. The molecule has 0 fully saturated rings. The molecular weight excluding hydrogens is 398 g/mol. The van der Waals surface area contributed by atoms with Crippen molar-refractivity contribution in [3.8, 4) is 11.5 Å². The zero-order valence-corrected chi connectivity index (χ0v) is 17.9. The summed E-state index contributed by atoms with van der Waals surface area (Å²) in [6.45, 7) is 2.38. The van der Waals surface area contributed by atoms with Crippen molar-refractivity contribution in [2.24, 2.45) is 0 Å². The van der Waals surface area contributed by atoms with Crippen molar-refractivity contribution >= 4 is 28.1 Å². The predicted octanol–water partition coefficient (Wildman–Crippen LogP) is 4.22. The number of amides is 1. The van der Waals surface area contributed by atoms with Gasteiger partial charge in [0.2, 0.25) is 5.91 Å². The molecule has 0 spiro atoms. The van der Waals surface area contributed by atoms with Crippen molar-refractivity contribution in [3.63, 3.8) is 0 Å². The summed E-state index contributed by atoms with van der Waals surface area (Å²) in [5.41, 5.74) is 1.36. The van der Waals surface area contributed by atoms with E-state index < -0.39 is 11.0 Å². The van der Waals surface area contributed by atoms with Gasteiger partial charge in [0.25, 0.3) is 5.69 Å². The smallest absolute Gasteiger partial charge is 0.273 e. The van der Waals surface area contributed by atoms with Gasteiger partial charge in [-0.25, -0.2) is 0 Å². The number of rotatable bonds is 8. The molecule has 8 nitrogen and oxygen atoms in total. The van der Waals surface area contributed by atoms with Crippen molar-refractivity contribution in [2.75, 3.05) is 26.6 Å². The van der Waals surface area contributed by atoms with E-state index in [9.17, 15) is 14.9 Å². The molecule has 3 rings (SSSR count). The summed E-state index contributed by atoms with van der Waals surface area (Å²) in [6.07, 6.45) is 0. The van der Waals surface area contributed by atoms with Gasteiger partial charge in [-0.1, -0.05) is 18.2 Å². The molecule has 31 heavy (non-hydrogen) atoms. The van der Waals surface area contributed by atoms with Crippen LogP contribution in [0.4, 0.5) is 11.4 Å². The number of carbonyl (C=O) groups is 1. The molecule has 0 bridgehead atoms. The van der Waals surface area contributed by atoms with E-state index in [1.54, 1.807) is 14.0 Å². The van der Waals surface area contributed by atoms with Gasteiger partial charge in [-0.2, -0.15) is 0 Å². The highest BCUT2D eigenvalue weighted by Gasteiger charge is 2.21. The van der Waals surface area contributed by atoms with Crippen LogP contribution in [0.25, 0.3) is 10.8 Å². The van der Waals surface area contributed by atoms with Crippen LogP contribution in [0.5, 0.6) is 11.5 Å². The number of ether oxygens (including phenoxy) is 2. The SMILES string of the molecule is COc1ccc2cc(CN(C)[C@@H](C)C(=O)Nc3ccc([N+](=O)[O-])cc3OC)ccc2c1. The quantitative estimate of drug-likeness (QED) is 0.431. The lowest BCUT2D eigenvalue weighted by molar-refractivity contribution is -0.384. The number of nitrogens with zero attached hydrogens (tertiary/aromatic N) is 2. The van der Waals surface area contributed by atoms with E-state index in [2.05, 4.69) is 11.4 Å². The minimum Gasteiger partial charge on any atom is -0.497 e. The normalized spacial score (nSPS) is 11.9. The van der Waals surface area contributed by atoms with Crippen LogP contribution in [0.15, 0.2) is 54.6 Å². The highest BCUT2D eigenvalue weighted by atomic mass is 16.6. The molecule has 1 atom stereocenters. The van der Waals surface area contributed by atoms with Crippen molar-refractivity contribution in [1.82, 2.24) is 4.90 Å². The zero-order valence-electron chi connectivity index (χ0n) is 17.9. The van der Waals surface area contributed by atoms with Crippen LogP contribution in [-0.4, -0.2) is 43.0 Å². The van der Waals surface area contributed by atoms with E-state index >= 15 is 0 Å². The van der Waals surface area contributed by atoms with E-state index in [-0.39, 0.29) is 17.3 Å². The second kappa shape index (κ2) is 9.44. The number of carbonyl (C=O) groups excluding carboxylic acids is 1. The molecule has 8 heteroatoms. The van der Waals surface area contributed by atoms with Gasteiger partial charge in [0, 0.05) is 12.6 Å². The number of methoxy groups -OCH3 is 2. The Balaban J connectivity index is 1.69. The number of fused-ring (bicyclic) bond motifs is 1. The number of non-ortho nitro benzene ring substituents is 1. The number of benzene rings is 3. The summed E-state index contributed by atoms with van der Waals surface area (Å²) in [6, 6.07) is 15.7. The van der Waals surface area contributed by atoms with Crippen molar-refractivity contribution in [2.45, 2.75) is 19.5 Å². The Bertz CT molecular complexity index is 1120. The van der Waals surface area contributed by atoms with Gasteiger partial charge >= 0.3 is 0 Å². The molecule has 0 unspecified atom stereocenters. The highest BCUT2D eigenvalue weighted by molar-refractivity contribution is 5.96. The third-order valence-electron chi connectivity index (χ3n) is 5.24. The number of likely N-dealkylation sites (N-methyl/N-ethyl adjacent to an activating group) is 1. The second-order valence-electron chi connectivity index (χ2n) is 7.27. The lowest BCUT2D eigenvalue weighted by atomic mass is 10.1. The van der Waals surface area contributed by atoms with Gasteiger partial charge in [-0.15, -0.1) is 0 Å².